The summed E-state index contributed by atoms with van der Waals surface area (Å²) in [6, 6.07) is 70.1. The van der Waals surface area contributed by atoms with Crippen LogP contribution in [0.4, 0.5) is 0 Å². The van der Waals surface area contributed by atoms with Crippen LogP contribution in [0.3, 0.4) is 0 Å². The van der Waals surface area contributed by atoms with E-state index in [0.717, 1.165) is 192 Å². The van der Waals surface area contributed by atoms with E-state index in [2.05, 4.69) is 307 Å². The van der Waals surface area contributed by atoms with E-state index in [-0.39, 0.29) is 151 Å². The van der Waals surface area contributed by atoms with Gasteiger partial charge in [-0.15, -0.1) is 140 Å². The maximum Gasteiger partial charge on any atom is 0.162 e. The van der Waals surface area contributed by atoms with Crippen molar-refractivity contribution in [2.75, 3.05) is 0 Å². The van der Waals surface area contributed by atoms with Crippen molar-refractivity contribution >= 4 is 66.7 Å². The van der Waals surface area contributed by atoms with Crippen molar-refractivity contribution in [1.82, 2.24) is 19.9 Å². The number of aromatic nitrogens is 4. The van der Waals surface area contributed by atoms with Crippen LogP contribution in [0.15, 0.2) is 205 Å². The van der Waals surface area contributed by atoms with Crippen molar-refractivity contribution in [2.24, 2.45) is 59.2 Å². The summed E-state index contributed by atoms with van der Waals surface area (Å²) in [5.41, 5.74) is 30.4. The Bertz CT molecular complexity index is 6130. The summed E-state index contributed by atoms with van der Waals surface area (Å²) in [5, 5.41) is 43.0. The number of aliphatic hydroxyl groups excluding tert-OH is 4. The van der Waals surface area contributed by atoms with Crippen molar-refractivity contribution in [3.63, 3.8) is 0 Å². The third kappa shape index (κ3) is 42.1. The fraction of sp³-hybridized carbons (Fsp3) is 0.455. The quantitative estimate of drug-likeness (QED) is 0.0227. The van der Waals surface area contributed by atoms with Crippen molar-refractivity contribution in [3.8, 4) is 45.0 Å². The minimum atomic E-state index is -0.125. The van der Waals surface area contributed by atoms with Crippen LogP contribution in [-0.2, 0) is 125 Å². The van der Waals surface area contributed by atoms with Crippen molar-refractivity contribution in [1.29, 1.82) is 0 Å². The monoisotopic (exact) mass is 2710 g/mol. The number of aliphatic hydroxyl groups is 4. The molecular weight excluding hydrogens is 2540 g/mol. The van der Waals surface area contributed by atoms with Crippen LogP contribution in [0, 0.1) is 153 Å². The molecule has 0 unspecified atom stereocenters. The van der Waals surface area contributed by atoms with Crippen LogP contribution in [0.1, 0.15) is 316 Å². The van der Waals surface area contributed by atoms with Crippen LogP contribution in [-0.4, -0.2) is 63.5 Å². The zero-order chi connectivity index (χ0) is 105. The van der Waals surface area contributed by atoms with Gasteiger partial charge in [0.15, 0.2) is 23.1 Å². The summed E-state index contributed by atoms with van der Waals surface area (Å²) < 4.78 is 0. The Morgan fingerprint density at radius 1 is 0.324 bits per heavy atom. The normalized spacial score (nSPS) is 14.1. The number of fused-ring (bicyclic) bond motifs is 4. The van der Waals surface area contributed by atoms with Gasteiger partial charge in [-0.05, 0) is 235 Å². The Balaban J connectivity index is 0.000000301. The molecule has 0 saturated heterocycles. The molecule has 12 nitrogen and oxygen atoms in total. The van der Waals surface area contributed by atoms with E-state index in [1.165, 1.54) is 173 Å². The zero-order valence-electron chi connectivity index (χ0n) is 93.0. The van der Waals surface area contributed by atoms with Crippen molar-refractivity contribution < 1.29 is 120 Å². The molecule has 4 N–H and O–H groups in total. The molecule has 12 aromatic rings. The SMILES string of the molecule is CC(=O)C=C(C)O.CCC(CC)C(=O)C=C(O)C(CC)CC.Cc1[c-]c(-c2ccc3c(C)cc(C)cc3n2)cc(C)c1.Cc1[c-]c(-c2ccc3c(CC(C)C)cc(CC(C)C)cc3n2)cc(C)c1.Cc1[c-]c(-c2ccc3c(CC(C)C)cccc3n2)cc(C)c1.Cc1[c-]c(-c2ccc3c(CC(C)C)cccc3n2)cc(C)c1.O=C(C=C(O)C1CCCC1)C1CCCC1.O=C(C=C(O)C1CCCCC1)C1CCCCC1.[Ir].[Ir].[Ir].[Ir]. The number of hydrogen-bond acceptors (Lipinski definition) is 12. The molecule has 0 spiro atoms. The molecule has 4 heterocycles. The molecule has 8 aromatic carbocycles. The number of hydrogen-bond donors (Lipinski definition) is 4. The molecular formula is C132H168Ir4N4O8-4. The molecule has 0 bridgehead atoms. The fourth-order valence-electron chi connectivity index (χ4n) is 20.6. The number of pyridine rings is 4. The second-order valence-electron chi connectivity index (χ2n) is 43.1. The number of rotatable bonds is 26. The Labute approximate surface area is 943 Å². The molecule has 0 atom stereocenters. The van der Waals surface area contributed by atoms with Gasteiger partial charge in [0.2, 0.25) is 0 Å². The molecule has 4 aliphatic rings. The standard InChI is InChI=1S/C25H30N.2C21H22N.C19H18N.C15H24O2.C13H20O2.C13H24O2.C5H8O2.4Ir/c1-16(2)9-20-14-21(10-17(3)4)23-7-8-24(26-25(23)15-20)22-12-18(5)11-19(6)13-22;2*1-14(2)10-17-6-5-7-21-19(17)8-9-20(22-21)18-12-15(3)11-16(4)13-18;1-12-7-13(2)10-16(9-12)18-6-5-17-15(4)8-14(3)11-19(17)20-18;16-14(12-7-3-1-4-8-12)11-15(17)13-9-5-2-6-10-13;14-12(10-5-1-2-6-10)9-13(15)11-7-3-4-8-11;1-5-10(6-2)12(14)9-13(15)11(7-3)8-4;1-4(6)3-5(2)7;;;;/h7-8,11-12,14-17H,9-10H2,1-6H3;2*5-9,11-12,14H,10H2,1-4H3;5-9,11H,1-4H3;11-13,16H,1-10H2;9-11,14H,1-8H2;9-11,14H,5-8H2,1-4H3;3,6H,1-2H3;;;;/q4*-1;;;;;;;;. The number of benzene rings is 8. The van der Waals surface area contributed by atoms with Gasteiger partial charge in [-0.2, -0.15) is 0 Å². The molecule has 4 fully saturated rings. The molecule has 4 aromatic heterocycles. The van der Waals surface area contributed by atoms with E-state index in [0.29, 0.717) is 35.2 Å². The van der Waals surface area contributed by atoms with Gasteiger partial charge in [-0.3, -0.25) is 39.1 Å². The summed E-state index contributed by atoms with van der Waals surface area (Å²) in [6.07, 6.45) is 33.8. The van der Waals surface area contributed by atoms with Gasteiger partial charge in [-0.1, -0.05) is 288 Å². The van der Waals surface area contributed by atoms with Gasteiger partial charge in [0.05, 0.1) is 45.1 Å². The maximum absolute atomic E-state index is 12.0. The average molecular weight is 2710 g/mol. The molecule has 16 heteroatoms. The van der Waals surface area contributed by atoms with Crippen LogP contribution < -0.4 is 0 Å². The zero-order valence-corrected chi connectivity index (χ0v) is 103. The summed E-state index contributed by atoms with van der Waals surface area (Å²) >= 11 is 0. The average Bonchev–Trinajstić information content (AvgIpc) is 1.61. The number of carbonyl (C=O) groups excluding carboxylic acids is 4. The van der Waals surface area contributed by atoms with Gasteiger partial charge in [0, 0.05) is 162 Å². The molecule has 0 amide bonds. The second-order valence-corrected chi connectivity index (χ2v) is 43.1. The fourth-order valence-corrected chi connectivity index (χ4v) is 20.6. The Morgan fingerprint density at radius 2 is 0.628 bits per heavy atom. The predicted molar refractivity (Wildman–Crippen MR) is 605 cm³/mol. The van der Waals surface area contributed by atoms with Gasteiger partial charge in [0.1, 0.15) is 0 Å². The molecule has 4 aliphatic carbocycles. The second kappa shape index (κ2) is 65.3. The molecule has 804 valence electrons. The first-order chi connectivity index (χ1) is 68.7. The molecule has 148 heavy (non-hydrogen) atoms. The molecule has 0 aliphatic heterocycles. The first kappa shape index (κ1) is 129. The van der Waals surface area contributed by atoms with E-state index < -0.39 is 0 Å². The largest absolute Gasteiger partial charge is 0.512 e. The molecule has 16 rings (SSSR count). The third-order valence-corrected chi connectivity index (χ3v) is 27.6. The van der Waals surface area contributed by atoms with Gasteiger partial charge in [-0.25, -0.2) is 0 Å². The number of aryl methyl sites for hydroxylation is 10. The number of carbonyl (C=O) groups is 4. The maximum atomic E-state index is 12.0. The van der Waals surface area contributed by atoms with Crippen LogP contribution in [0.25, 0.3) is 88.6 Å². The number of nitrogens with zero attached hydrogens (tertiary/aromatic N) is 4. The third-order valence-electron chi connectivity index (χ3n) is 27.6. The van der Waals surface area contributed by atoms with Gasteiger partial charge in [0.25, 0.3) is 0 Å². The molecule has 4 saturated carbocycles. The summed E-state index contributed by atoms with van der Waals surface area (Å²) in [6.45, 7) is 50.1. The van der Waals surface area contributed by atoms with Crippen LogP contribution >= 0.6 is 0 Å². The minimum absolute atomic E-state index is 0. The van der Waals surface area contributed by atoms with E-state index in [1.807, 2.05) is 27.7 Å². The van der Waals surface area contributed by atoms with Crippen LogP contribution in [0.2, 0.25) is 0 Å². The van der Waals surface area contributed by atoms with Gasteiger partial charge < -0.3 is 20.4 Å². The van der Waals surface area contributed by atoms with E-state index in [1.54, 1.807) is 6.08 Å². The van der Waals surface area contributed by atoms with E-state index in [9.17, 15) is 34.5 Å². The summed E-state index contributed by atoms with van der Waals surface area (Å²) in [7, 11) is 0. The van der Waals surface area contributed by atoms with Gasteiger partial charge >= 0.3 is 0 Å². The number of ketones is 4. The Morgan fingerprint density at radius 3 is 0.946 bits per heavy atom. The topological polar surface area (TPSA) is 201 Å². The molecule has 4 radical (unpaired) electrons. The smallest absolute Gasteiger partial charge is 0.162 e. The Kier molecular flexibility index (Phi) is 57.0. The number of allylic oxidation sites excluding steroid dienone is 8. The summed E-state index contributed by atoms with van der Waals surface area (Å²) in [5.74, 6) is 5.05. The van der Waals surface area contributed by atoms with E-state index in [4.69, 9.17) is 25.0 Å². The first-order valence-electron chi connectivity index (χ1n) is 54.0. The Hall–Kier alpha value is -9.16. The minimum Gasteiger partial charge on any atom is -0.512 e. The predicted octanol–water partition coefficient (Wildman–Crippen LogP) is 35.1. The van der Waals surface area contributed by atoms with E-state index >= 15 is 0 Å². The summed E-state index contributed by atoms with van der Waals surface area (Å²) in [4.78, 5) is 65.1. The van der Waals surface area contributed by atoms with Crippen LogP contribution in [0.5, 0.6) is 0 Å². The first-order valence-corrected chi connectivity index (χ1v) is 54.0. The van der Waals surface area contributed by atoms with Crippen molar-refractivity contribution in [2.45, 2.75) is 333 Å². The van der Waals surface area contributed by atoms with Crippen molar-refractivity contribution in [3.05, 3.63) is 307 Å².